The highest BCUT2D eigenvalue weighted by molar-refractivity contribution is 5.75. The van der Waals surface area contributed by atoms with Crippen LogP contribution in [0.3, 0.4) is 0 Å². The van der Waals surface area contributed by atoms with Gasteiger partial charge in [0.2, 0.25) is 11.8 Å². The second-order valence-corrected chi connectivity index (χ2v) is 5.66. The minimum Gasteiger partial charge on any atom is -0.493 e. The average Bonchev–Trinajstić information content (AvgIpc) is 3.07. The van der Waals surface area contributed by atoms with E-state index in [1.54, 1.807) is 38.5 Å². The highest BCUT2D eigenvalue weighted by Gasteiger charge is 2.13. The Balaban J connectivity index is 1.63. The molecule has 0 fully saturated rings. The van der Waals surface area contributed by atoms with Crippen LogP contribution >= 0.6 is 0 Å². The van der Waals surface area contributed by atoms with E-state index in [9.17, 15) is 9.59 Å². The Bertz CT molecular complexity index is 979. The lowest BCUT2D eigenvalue weighted by Gasteiger charge is -2.10. The Hall–Kier alpha value is -3.55. The smallest absolute Gasteiger partial charge is 0.437 e. The van der Waals surface area contributed by atoms with Gasteiger partial charge in [-0.3, -0.25) is 4.79 Å². The molecule has 0 bridgehead atoms. The number of amides is 1. The number of ether oxygens (including phenoxy) is 2. The molecule has 2 aromatic carbocycles. The van der Waals surface area contributed by atoms with Crippen LogP contribution in [-0.4, -0.2) is 29.9 Å². The van der Waals surface area contributed by atoms with E-state index in [2.05, 4.69) is 10.4 Å². The van der Waals surface area contributed by atoms with Crippen molar-refractivity contribution in [2.45, 2.75) is 13.1 Å². The minimum absolute atomic E-state index is 0.174. The topological polar surface area (TPSA) is 95.6 Å². The van der Waals surface area contributed by atoms with E-state index in [0.29, 0.717) is 17.1 Å². The first kappa shape index (κ1) is 18.2. The van der Waals surface area contributed by atoms with E-state index in [-0.39, 0.29) is 24.9 Å². The van der Waals surface area contributed by atoms with Gasteiger partial charge in [-0.25, -0.2) is 4.79 Å². The summed E-state index contributed by atoms with van der Waals surface area (Å²) in [6.45, 7) is 0.0415. The first-order valence-corrected chi connectivity index (χ1v) is 8.21. The fourth-order valence-electron chi connectivity index (χ4n) is 2.49. The molecule has 1 heterocycles. The van der Waals surface area contributed by atoms with Crippen molar-refractivity contribution in [2.24, 2.45) is 0 Å². The summed E-state index contributed by atoms with van der Waals surface area (Å²) in [5.74, 6) is 0.308. The second kappa shape index (κ2) is 8.22. The molecule has 1 aromatic heterocycles. The summed E-state index contributed by atoms with van der Waals surface area (Å²) >= 11 is 0. The number of carbonyl (C=O) groups is 1. The van der Waals surface area contributed by atoms with Crippen LogP contribution in [0.4, 0.5) is 0 Å². The fourth-order valence-corrected chi connectivity index (χ4v) is 2.49. The van der Waals surface area contributed by atoms with Gasteiger partial charge < -0.3 is 19.2 Å². The van der Waals surface area contributed by atoms with Gasteiger partial charge >= 0.3 is 5.76 Å². The molecular formula is C19H19N3O5. The first-order valence-electron chi connectivity index (χ1n) is 8.21. The largest absolute Gasteiger partial charge is 0.493 e. The summed E-state index contributed by atoms with van der Waals surface area (Å²) < 4.78 is 16.5. The van der Waals surface area contributed by atoms with Crippen LogP contribution in [0.5, 0.6) is 11.5 Å². The van der Waals surface area contributed by atoms with Gasteiger partial charge in [-0.1, -0.05) is 24.3 Å². The molecule has 27 heavy (non-hydrogen) atoms. The van der Waals surface area contributed by atoms with Crippen LogP contribution in [0.1, 0.15) is 5.56 Å². The summed E-state index contributed by atoms with van der Waals surface area (Å²) in [6, 6.07) is 14.4. The molecular weight excluding hydrogens is 350 g/mol. The molecule has 0 unspecified atom stereocenters. The van der Waals surface area contributed by atoms with Gasteiger partial charge in [-0.15, -0.1) is 5.10 Å². The number of hydrogen-bond acceptors (Lipinski definition) is 6. The standard InChI is InChI=1S/C19H19N3O5/c1-25-15-9-8-13(10-16(15)26-2)11-20-17(23)12-22-19(24)27-18(21-22)14-6-4-3-5-7-14/h3-10H,11-12H2,1-2H3,(H,20,23). The van der Waals surface area contributed by atoms with Crippen molar-refractivity contribution in [3.63, 3.8) is 0 Å². The molecule has 0 aliphatic rings. The summed E-state index contributed by atoms with van der Waals surface area (Å²) in [6.07, 6.45) is 0. The molecule has 0 aliphatic carbocycles. The van der Waals surface area contributed by atoms with Crippen LogP contribution in [0, 0.1) is 0 Å². The van der Waals surface area contributed by atoms with Crippen LogP contribution in [0.15, 0.2) is 57.7 Å². The molecule has 0 radical (unpaired) electrons. The molecule has 1 N–H and O–H groups in total. The minimum atomic E-state index is -0.685. The quantitative estimate of drug-likeness (QED) is 0.683. The molecule has 8 nitrogen and oxygen atoms in total. The molecule has 3 aromatic rings. The highest BCUT2D eigenvalue weighted by atomic mass is 16.5. The van der Waals surface area contributed by atoms with Crippen LogP contribution in [-0.2, 0) is 17.9 Å². The zero-order chi connectivity index (χ0) is 19.2. The van der Waals surface area contributed by atoms with Crippen molar-refractivity contribution in [3.8, 4) is 23.0 Å². The SMILES string of the molecule is COc1ccc(CNC(=O)Cn2nc(-c3ccccc3)oc2=O)cc1OC. The lowest BCUT2D eigenvalue weighted by atomic mass is 10.2. The number of rotatable bonds is 7. The lowest BCUT2D eigenvalue weighted by Crippen LogP contribution is -2.31. The van der Waals surface area contributed by atoms with Crippen molar-refractivity contribution in [1.29, 1.82) is 0 Å². The fraction of sp³-hybridized carbons (Fsp3) is 0.211. The highest BCUT2D eigenvalue weighted by Crippen LogP contribution is 2.27. The maximum Gasteiger partial charge on any atom is 0.437 e. The third-order valence-electron chi connectivity index (χ3n) is 3.86. The van der Waals surface area contributed by atoms with Gasteiger partial charge in [0.15, 0.2) is 11.5 Å². The van der Waals surface area contributed by atoms with E-state index >= 15 is 0 Å². The van der Waals surface area contributed by atoms with E-state index in [0.717, 1.165) is 10.2 Å². The number of methoxy groups -OCH3 is 2. The maximum absolute atomic E-state index is 12.2. The Morgan fingerprint density at radius 3 is 2.56 bits per heavy atom. The van der Waals surface area contributed by atoms with E-state index in [4.69, 9.17) is 13.9 Å². The number of benzene rings is 2. The maximum atomic E-state index is 12.2. The van der Waals surface area contributed by atoms with Crippen molar-refractivity contribution >= 4 is 5.91 Å². The van der Waals surface area contributed by atoms with Gasteiger partial charge in [0.05, 0.1) is 14.2 Å². The normalized spacial score (nSPS) is 10.4. The summed E-state index contributed by atoms with van der Waals surface area (Å²) in [5.41, 5.74) is 1.50. The molecule has 0 atom stereocenters. The zero-order valence-electron chi connectivity index (χ0n) is 15.0. The van der Waals surface area contributed by atoms with Crippen molar-refractivity contribution < 1.29 is 18.7 Å². The molecule has 0 spiro atoms. The second-order valence-electron chi connectivity index (χ2n) is 5.66. The monoisotopic (exact) mass is 369 g/mol. The van der Waals surface area contributed by atoms with E-state index in [1.807, 2.05) is 24.3 Å². The molecule has 1 amide bonds. The molecule has 0 aliphatic heterocycles. The van der Waals surface area contributed by atoms with E-state index < -0.39 is 5.76 Å². The summed E-state index contributed by atoms with van der Waals surface area (Å²) in [5, 5.41) is 6.80. The molecule has 8 heteroatoms. The summed E-state index contributed by atoms with van der Waals surface area (Å²) in [7, 11) is 3.10. The number of aromatic nitrogens is 2. The third kappa shape index (κ3) is 4.35. The zero-order valence-corrected chi connectivity index (χ0v) is 15.0. The van der Waals surface area contributed by atoms with Gasteiger partial charge in [0.25, 0.3) is 0 Å². The predicted molar refractivity (Wildman–Crippen MR) is 97.6 cm³/mol. The Morgan fingerprint density at radius 1 is 1.11 bits per heavy atom. The van der Waals surface area contributed by atoms with Gasteiger partial charge in [-0.2, -0.15) is 4.68 Å². The lowest BCUT2D eigenvalue weighted by molar-refractivity contribution is -0.122. The number of nitrogens with one attached hydrogen (secondary N) is 1. The van der Waals surface area contributed by atoms with Crippen molar-refractivity contribution in [3.05, 3.63) is 64.6 Å². The molecule has 0 saturated carbocycles. The van der Waals surface area contributed by atoms with Crippen LogP contribution in [0.2, 0.25) is 0 Å². The van der Waals surface area contributed by atoms with Gasteiger partial charge in [0.1, 0.15) is 6.54 Å². The van der Waals surface area contributed by atoms with Crippen LogP contribution < -0.4 is 20.5 Å². The molecule has 140 valence electrons. The first-order chi connectivity index (χ1) is 13.1. The van der Waals surface area contributed by atoms with Crippen molar-refractivity contribution in [1.82, 2.24) is 15.1 Å². The third-order valence-corrected chi connectivity index (χ3v) is 3.86. The predicted octanol–water partition coefficient (Wildman–Crippen LogP) is 1.84. The summed E-state index contributed by atoms with van der Waals surface area (Å²) in [4.78, 5) is 24.1. The van der Waals surface area contributed by atoms with E-state index in [1.165, 1.54) is 0 Å². The Kier molecular flexibility index (Phi) is 5.55. The van der Waals surface area contributed by atoms with Gasteiger partial charge in [0, 0.05) is 12.1 Å². The van der Waals surface area contributed by atoms with Crippen molar-refractivity contribution in [2.75, 3.05) is 14.2 Å². The average molecular weight is 369 g/mol. The number of carbonyl (C=O) groups excluding carboxylic acids is 1. The Labute approximate surface area is 155 Å². The van der Waals surface area contributed by atoms with Gasteiger partial charge in [-0.05, 0) is 29.8 Å². The molecule has 3 rings (SSSR count). The number of nitrogens with zero attached hydrogens (tertiary/aromatic N) is 2. The van der Waals surface area contributed by atoms with Crippen LogP contribution in [0.25, 0.3) is 11.5 Å². The Morgan fingerprint density at radius 2 is 1.85 bits per heavy atom. The molecule has 0 saturated heterocycles. The number of hydrogen-bond donors (Lipinski definition) is 1.